The fourth-order valence-electron chi connectivity index (χ4n) is 4.82. The van der Waals surface area contributed by atoms with Gasteiger partial charge in [-0.15, -0.1) is 11.3 Å². The highest BCUT2D eigenvalue weighted by Crippen LogP contribution is 2.32. The molecule has 0 spiro atoms. The maximum atomic E-state index is 4.91. The van der Waals surface area contributed by atoms with Crippen LogP contribution in [0.15, 0.2) is 103 Å². The Labute approximate surface area is 203 Å². The molecule has 0 fully saturated rings. The molecule has 0 radical (unpaired) electrons. The third-order valence-corrected chi connectivity index (χ3v) is 7.51. The molecule has 6 aromatic rings. The van der Waals surface area contributed by atoms with Gasteiger partial charge in [0.1, 0.15) is 10.7 Å². The Kier molecular flexibility index (Phi) is 5.44. The smallest absolute Gasteiger partial charge is 0.236 e. The molecule has 3 nitrogen and oxygen atoms in total. The van der Waals surface area contributed by atoms with E-state index in [1.165, 1.54) is 38.4 Å². The molecule has 0 N–H and O–H groups in total. The van der Waals surface area contributed by atoms with Gasteiger partial charge in [-0.2, -0.15) is 4.57 Å². The van der Waals surface area contributed by atoms with E-state index in [2.05, 4.69) is 119 Å². The minimum Gasteiger partial charge on any atom is -0.236 e. The number of rotatable bonds is 6. The number of fused-ring (bicyclic) bond motifs is 2. The number of nitrogens with zero attached hydrogens (tertiary/aromatic N) is 3. The van der Waals surface area contributed by atoms with Gasteiger partial charge in [-0.25, -0.2) is 9.55 Å². The fraction of sp³-hybridized carbons (Fsp3) is 0.133. The van der Waals surface area contributed by atoms with Gasteiger partial charge in [0, 0.05) is 5.56 Å². The summed E-state index contributed by atoms with van der Waals surface area (Å²) in [5, 5.41) is 1.07. The normalized spacial score (nSPS) is 11.4. The Balaban J connectivity index is 1.52. The van der Waals surface area contributed by atoms with Crippen LogP contribution in [0.25, 0.3) is 37.5 Å². The van der Waals surface area contributed by atoms with Crippen molar-refractivity contribution in [1.29, 1.82) is 0 Å². The second-order valence-electron chi connectivity index (χ2n) is 8.51. The number of benzene rings is 4. The van der Waals surface area contributed by atoms with E-state index >= 15 is 0 Å². The third-order valence-electron chi connectivity index (χ3n) is 6.43. The third kappa shape index (κ3) is 3.70. The highest BCUT2D eigenvalue weighted by Gasteiger charge is 2.26. The number of aryl methyl sites for hydroxylation is 2. The molecule has 0 atom stereocenters. The van der Waals surface area contributed by atoms with Crippen LogP contribution in [0.1, 0.15) is 18.3 Å². The van der Waals surface area contributed by atoms with Gasteiger partial charge < -0.3 is 0 Å². The van der Waals surface area contributed by atoms with Crippen LogP contribution >= 0.6 is 11.3 Å². The zero-order valence-electron chi connectivity index (χ0n) is 19.2. The minimum atomic E-state index is 0.920. The van der Waals surface area contributed by atoms with E-state index in [1.807, 2.05) is 0 Å². The molecule has 166 valence electrons. The molecule has 4 aromatic carbocycles. The largest absolute Gasteiger partial charge is 0.262 e. The highest BCUT2D eigenvalue weighted by atomic mass is 32.1. The summed E-state index contributed by atoms with van der Waals surface area (Å²) >= 11 is 1.76. The molecule has 0 unspecified atom stereocenters. The van der Waals surface area contributed by atoms with Crippen LogP contribution in [-0.2, 0) is 19.4 Å². The Morgan fingerprint density at radius 3 is 2.29 bits per heavy atom. The van der Waals surface area contributed by atoms with Crippen molar-refractivity contribution >= 4 is 32.6 Å². The zero-order valence-corrected chi connectivity index (χ0v) is 20.0. The van der Waals surface area contributed by atoms with Gasteiger partial charge in [-0.3, -0.25) is 0 Å². The molecule has 0 amide bonds. The van der Waals surface area contributed by atoms with E-state index < -0.39 is 0 Å². The SMILES string of the molecule is CC[n+]1c(CCc2ccccc2)n(-c2ccccc2)c2ccc(-c3nc4ccccc4s3)cc21. The first kappa shape index (κ1) is 20.8. The molecule has 2 heterocycles. The van der Waals surface area contributed by atoms with Gasteiger partial charge >= 0.3 is 0 Å². The maximum absolute atomic E-state index is 4.91. The van der Waals surface area contributed by atoms with Crippen LogP contribution in [0.4, 0.5) is 0 Å². The van der Waals surface area contributed by atoms with E-state index in [4.69, 9.17) is 4.98 Å². The van der Waals surface area contributed by atoms with Crippen molar-refractivity contribution in [1.82, 2.24) is 9.55 Å². The summed E-state index contributed by atoms with van der Waals surface area (Å²) in [6, 6.07) is 36.7. The van der Waals surface area contributed by atoms with Crippen molar-refractivity contribution in [2.24, 2.45) is 0 Å². The summed E-state index contributed by atoms with van der Waals surface area (Å²) < 4.78 is 6.14. The van der Waals surface area contributed by atoms with Crippen molar-refractivity contribution < 1.29 is 4.57 Å². The molecule has 0 aliphatic heterocycles. The standard InChI is InChI=1S/C30H26N3S/c1-2-32-27-21-23(30-31-25-15-9-10-16-28(25)34-30)18-19-26(27)33(24-13-7-4-8-14-24)29(32)20-17-22-11-5-3-6-12-22/h3-16,18-19,21H,2,17,20H2,1H3/q+1. The van der Waals surface area contributed by atoms with E-state index in [1.54, 1.807) is 11.3 Å². The second kappa shape index (κ2) is 8.88. The van der Waals surface area contributed by atoms with Crippen molar-refractivity contribution in [3.63, 3.8) is 0 Å². The maximum Gasteiger partial charge on any atom is 0.262 e. The van der Waals surface area contributed by atoms with Crippen molar-refractivity contribution in [2.75, 3.05) is 0 Å². The van der Waals surface area contributed by atoms with Crippen LogP contribution in [0.3, 0.4) is 0 Å². The number of para-hydroxylation sites is 2. The number of imidazole rings is 1. The van der Waals surface area contributed by atoms with Gasteiger partial charge in [-0.1, -0.05) is 60.7 Å². The second-order valence-corrected chi connectivity index (χ2v) is 9.54. The van der Waals surface area contributed by atoms with Crippen LogP contribution < -0.4 is 4.57 Å². The summed E-state index contributed by atoms with van der Waals surface area (Å²) in [4.78, 5) is 4.91. The van der Waals surface area contributed by atoms with Gasteiger partial charge in [0.05, 0.1) is 23.2 Å². The first-order valence-corrected chi connectivity index (χ1v) is 12.7. The molecule has 6 rings (SSSR count). The van der Waals surface area contributed by atoms with Crippen LogP contribution in [0.5, 0.6) is 0 Å². The van der Waals surface area contributed by atoms with Crippen molar-refractivity contribution in [3.8, 4) is 16.3 Å². The fourth-order valence-corrected chi connectivity index (χ4v) is 5.78. The lowest BCUT2D eigenvalue weighted by molar-refractivity contribution is -0.676. The molecule has 34 heavy (non-hydrogen) atoms. The summed E-state index contributed by atoms with van der Waals surface area (Å²) in [5.41, 5.74) is 7.31. The average molecular weight is 461 g/mol. The highest BCUT2D eigenvalue weighted by molar-refractivity contribution is 7.21. The molecular formula is C30H26N3S+. The predicted molar refractivity (Wildman–Crippen MR) is 142 cm³/mol. The zero-order chi connectivity index (χ0) is 22.9. The van der Waals surface area contributed by atoms with Gasteiger partial charge in [-0.05, 0) is 61.4 Å². The molecule has 0 saturated carbocycles. The summed E-state index contributed by atoms with van der Waals surface area (Å²) in [6.45, 7) is 3.16. The van der Waals surface area contributed by atoms with Crippen molar-refractivity contribution in [2.45, 2.75) is 26.3 Å². The molecule has 4 heteroatoms. The summed E-state index contributed by atoms with van der Waals surface area (Å²) in [5.74, 6) is 1.33. The predicted octanol–water partition coefficient (Wildman–Crippen LogP) is 7.00. The number of aromatic nitrogens is 3. The lowest BCUT2D eigenvalue weighted by Gasteiger charge is -2.05. The molecule has 0 aliphatic carbocycles. The molecular weight excluding hydrogens is 434 g/mol. The van der Waals surface area contributed by atoms with Crippen LogP contribution in [0.2, 0.25) is 0 Å². The summed E-state index contributed by atoms with van der Waals surface area (Å²) in [6.07, 6.45) is 1.98. The van der Waals surface area contributed by atoms with Crippen LogP contribution in [-0.4, -0.2) is 9.55 Å². The molecule has 0 bridgehead atoms. The number of hydrogen-bond donors (Lipinski definition) is 0. The van der Waals surface area contributed by atoms with Crippen LogP contribution in [0, 0.1) is 0 Å². The number of hydrogen-bond acceptors (Lipinski definition) is 2. The Morgan fingerprint density at radius 2 is 1.53 bits per heavy atom. The Bertz CT molecular complexity index is 1550. The minimum absolute atomic E-state index is 0.920. The van der Waals surface area contributed by atoms with E-state index in [9.17, 15) is 0 Å². The van der Waals surface area contributed by atoms with E-state index in [0.717, 1.165) is 29.9 Å². The van der Waals surface area contributed by atoms with E-state index in [-0.39, 0.29) is 0 Å². The molecule has 0 aliphatic rings. The van der Waals surface area contributed by atoms with E-state index in [0.29, 0.717) is 0 Å². The van der Waals surface area contributed by atoms with Crippen molar-refractivity contribution in [3.05, 3.63) is 115 Å². The monoisotopic (exact) mass is 460 g/mol. The first-order chi connectivity index (χ1) is 16.8. The Hall–Kier alpha value is -3.76. The number of thiazole rings is 1. The Morgan fingerprint density at radius 1 is 0.794 bits per heavy atom. The lowest BCUT2D eigenvalue weighted by Crippen LogP contribution is -2.37. The molecule has 0 saturated heterocycles. The average Bonchev–Trinajstić information content (AvgIpc) is 3.47. The van der Waals surface area contributed by atoms with Gasteiger partial charge in [0.25, 0.3) is 5.82 Å². The van der Waals surface area contributed by atoms with Gasteiger partial charge in [0.2, 0.25) is 0 Å². The molecule has 2 aromatic heterocycles. The first-order valence-electron chi connectivity index (χ1n) is 11.8. The topological polar surface area (TPSA) is 21.7 Å². The summed E-state index contributed by atoms with van der Waals surface area (Å²) in [7, 11) is 0. The van der Waals surface area contributed by atoms with Gasteiger partial charge in [0.15, 0.2) is 11.0 Å². The quantitative estimate of drug-likeness (QED) is 0.245. The lowest BCUT2D eigenvalue weighted by atomic mass is 10.1.